The number of nitrogens with zero attached hydrogens (tertiary/aromatic N) is 5. The number of rotatable bonds is 3. The van der Waals surface area contributed by atoms with E-state index in [4.69, 9.17) is 4.42 Å². The Labute approximate surface area is 171 Å². The van der Waals surface area contributed by atoms with Gasteiger partial charge in [0.1, 0.15) is 5.82 Å². The number of likely N-dealkylation sites (tertiary alicyclic amines) is 1. The molecule has 4 heterocycles. The molecule has 2 aromatic rings. The zero-order valence-electron chi connectivity index (χ0n) is 16.3. The molecule has 1 aliphatic carbocycles. The monoisotopic (exact) mass is 421 g/mol. The van der Waals surface area contributed by atoms with E-state index < -0.39 is 12.1 Å². The van der Waals surface area contributed by atoms with E-state index in [-0.39, 0.29) is 23.9 Å². The van der Waals surface area contributed by atoms with Crippen molar-refractivity contribution in [2.24, 2.45) is 5.92 Å². The van der Waals surface area contributed by atoms with E-state index in [1.807, 2.05) is 0 Å². The standard InChI is InChI=1S/C20H22F3N5O2/c21-20(22,23)19-26-25-17(30-19)13-6-7-16(24-9-13)27-10-15-8-14(27)11-28(15)18(29)12-4-2-1-3-5-12/h6-7,9,12,14-15H,1-5,8,10-11H2. The zero-order chi connectivity index (χ0) is 20.9. The number of pyridine rings is 1. The normalized spacial score (nSPS) is 24.6. The smallest absolute Gasteiger partial charge is 0.413 e. The Morgan fingerprint density at radius 1 is 1.07 bits per heavy atom. The molecule has 1 saturated carbocycles. The van der Waals surface area contributed by atoms with E-state index in [0.717, 1.165) is 44.5 Å². The Morgan fingerprint density at radius 2 is 1.87 bits per heavy atom. The van der Waals surface area contributed by atoms with Gasteiger partial charge in [0.05, 0.1) is 17.6 Å². The highest BCUT2D eigenvalue weighted by Crippen LogP contribution is 2.37. The van der Waals surface area contributed by atoms with E-state index >= 15 is 0 Å². The van der Waals surface area contributed by atoms with E-state index in [1.165, 1.54) is 12.6 Å². The number of carbonyl (C=O) groups excluding carboxylic acids is 1. The van der Waals surface area contributed by atoms with Gasteiger partial charge in [-0.3, -0.25) is 4.79 Å². The molecular weight excluding hydrogens is 399 g/mol. The van der Waals surface area contributed by atoms with Gasteiger partial charge < -0.3 is 14.2 Å². The van der Waals surface area contributed by atoms with Crippen LogP contribution in [-0.4, -0.2) is 51.2 Å². The summed E-state index contributed by atoms with van der Waals surface area (Å²) < 4.78 is 42.6. The van der Waals surface area contributed by atoms with Gasteiger partial charge in [-0.15, -0.1) is 10.2 Å². The summed E-state index contributed by atoms with van der Waals surface area (Å²) in [5.74, 6) is -0.358. The van der Waals surface area contributed by atoms with Gasteiger partial charge in [-0.1, -0.05) is 19.3 Å². The van der Waals surface area contributed by atoms with Gasteiger partial charge in [0.2, 0.25) is 11.8 Å². The molecule has 2 bridgehead atoms. The number of aromatic nitrogens is 3. The summed E-state index contributed by atoms with van der Waals surface area (Å²) in [6, 6.07) is 3.81. The Bertz CT molecular complexity index is 923. The second-order valence-electron chi connectivity index (χ2n) is 8.34. The SMILES string of the molecule is O=C(C1CCCCC1)N1CC2CC1CN2c1ccc(-c2nnc(C(F)(F)F)o2)cn1. The van der Waals surface area contributed by atoms with Crippen LogP contribution in [0.3, 0.4) is 0 Å². The van der Waals surface area contributed by atoms with Gasteiger partial charge in [0, 0.05) is 25.2 Å². The fourth-order valence-electron chi connectivity index (χ4n) is 4.94. The van der Waals surface area contributed by atoms with Crippen molar-refractivity contribution in [3.63, 3.8) is 0 Å². The minimum absolute atomic E-state index is 0.181. The molecule has 3 aliphatic rings. The van der Waals surface area contributed by atoms with Crippen LogP contribution in [0, 0.1) is 5.92 Å². The molecule has 5 rings (SSSR count). The van der Waals surface area contributed by atoms with E-state index in [1.54, 1.807) is 12.1 Å². The quantitative estimate of drug-likeness (QED) is 0.755. The average Bonchev–Trinajstić information content (AvgIpc) is 3.49. The van der Waals surface area contributed by atoms with Gasteiger partial charge in [0.15, 0.2) is 0 Å². The first-order chi connectivity index (χ1) is 14.4. The maximum atomic E-state index is 12.9. The fourth-order valence-corrected chi connectivity index (χ4v) is 4.94. The van der Waals surface area contributed by atoms with Crippen molar-refractivity contribution >= 4 is 11.7 Å². The molecule has 0 aromatic carbocycles. The largest absolute Gasteiger partial charge is 0.470 e. The molecule has 7 nitrogen and oxygen atoms in total. The molecule has 10 heteroatoms. The van der Waals surface area contributed by atoms with Crippen molar-refractivity contribution < 1.29 is 22.4 Å². The predicted molar refractivity (Wildman–Crippen MR) is 100 cm³/mol. The molecule has 30 heavy (non-hydrogen) atoms. The number of piperazine rings is 1. The topological polar surface area (TPSA) is 75.4 Å². The van der Waals surface area contributed by atoms with Crippen LogP contribution in [0.1, 0.15) is 44.4 Å². The van der Waals surface area contributed by atoms with Crippen LogP contribution >= 0.6 is 0 Å². The lowest BCUT2D eigenvalue weighted by Crippen LogP contribution is -2.50. The molecule has 2 aromatic heterocycles. The van der Waals surface area contributed by atoms with E-state index in [9.17, 15) is 18.0 Å². The summed E-state index contributed by atoms with van der Waals surface area (Å²) in [7, 11) is 0. The first kappa shape index (κ1) is 19.3. The number of halogens is 3. The summed E-state index contributed by atoms with van der Waals surface area (Å²) in [6.45, 7) is 1.44. The molecule has 160 valence electrons. The number of amides is 1. The number of carbonyl (C=O) groups is 1. The lowest BCUT2D eigenvalue weighted by atomic mass is 9.88. The van der Waals surface area contributed by atoms with E-state index in [0.29, 0.717) is 18.0 Å². The van der Waals surface area contributed by atoms with Crippen LogP contribution in [0.4, 0.5) is 19.0 Å². The third kappa shape index (κ3) is 3.41. The molecule has 0 spiro atoms. The average molecular weight is 421 g/mol. The lowest BCUT2D eigenvalue weighted by Gasteiger charge is -2.37. The molecule has 3 fully saturated rings. The van der Waals surface area contributed by atoms with Crippen molar-refractivity contribution in [3.8, 4) is 11.5 Å². The first-order valence-corrected chi connectivity index (χ1v) is 10.3. The van der Waals surface area contributed by atoms with Crippen LogP contribution in [-0.2, 0) is 11.0 Å². The lowest BCUT2D eigenvalue weighted by molar-refractivity contribution is -0.157. The third-order valence-corrected chi connectivity index (χ3v) is 6.43. The highest BCUT2D eigenvalue weighted by Gasteiger charge is 2.47. The van der Waals surface area contributed by atoms with Crippen molar-refractivity contribution in [1.82, 2.24) is 20.1 Å². The van der Waals surface area contributed by atoms with Crippen molar-refractivity contribution in [3.05, 3.63) is 24.2 Å². The van der Waals surface area contributed by atoms with Crippen molar-refractivity contribution in [1.29, 1.82) is 0 Å². The fraction of sp³-hybridized carbons (Fsp3) is 0.600. The van der Waals surface area contributed by atoms with Gasteiger partial charge >= 0.3 is 12.1 Å². The Balaban J connectivity index is 1.25. The minimum atomic E-state index is -4.67. The van der Waals surface area contributed by atoms with Gasteiger partial charge in [0.25, 0.3) is 0 Å². The Hall–Kier alpha value is -2.65. The van der Waals surface area contributed by atoms with E-state index in [2.05, 4.69) is 25.0 Å². The summed E-state index contributed by atoms with van der Waals surface area (Å²) in [5.41, 5.74) is 0.334. The van der Waals surface area contributed by atoms with Crippen LogP contribution in [0.5, 0.6) is 0 Å². The molecule has 0 radical (unpaired) electrons. The zero-order valence-corrected chi connectivity index (χ0v) is 16.3. The summed E-state index contributed by atoms with van der Waals surface area (Å²) >= 11 is 0. The number of fused-ring (bicyclic) bond motifs is 2. The molecular formula is C20H22F3N5O2. The van der Waals surface area contributed by atoms with Crippen LogP contribution in [0.2, 0.25) is 0 Å². The molecule has 2 atom stereocenters. The summed E-state index contributed by atoms with van der Waals surface area (Å²) in [6.07, 6.45) is 3.23. The molecule has 2 unspecified atom stereocenters. The number of alkyl halides is 3. The Morgan fingerprint density at radius 3 is 2.47 bits per heavy atom. The third-order valence-electron chi connectivity index (χ3n) is 6.43. The number of anilines is 1. The molecule has 2 saturated heterocycles. The maximum Gasteiger partial charge on any atom is 0.470 e. The number of hydrogen-bond donors (Lipinski definition) is 0. The highest BCUT2D eigenvalue weighted by atomic mass is 19.4. The van der Waals surface area contributed by atoms with Gasteiger partial charge in [-0.2, -0.15) is 13.2 Å². The molecule has 0 N–H and O–H groups in total. The van der Waals surface area contributed by atoms with Gasteiger partial charge in [-0.05, 0) is 31.4 Å². The number of hydrogen-bond acceptors (Lipinski definition) is 6. The summed E-state index contributed by atoms with van der Waals surface area (Å²) in [5, 5.41) is 6.50. The van der Waals surface area contributed by atoms with Crippen LogP contribution in [0.25, 0.3) is 11.5 Å². The van der Waals surface area contributed by atoms with Crippen LogP contribution < -0.4 is 4.90 Å². The maximum absolute atomic E-state index is 12.9. The van der Waals surface area contributed by atoms with Gasteiger partial charge in [-0.25, -0.2) is 4.98 Å². The van der Waals surface area contributed by atoms with Crippen molar-refractivity contribution in [2.45, 2.75) is 56.8 Å². The second kappa shape index (κ2) is 7.24. The van der Waals surface area contributed by atoms with Crippen LogP contribution in [0.15, 0.2) is 22.7 Å². The Kier molecular flexibility index (Phi) is 4.67. The highest BCUT2D eigenvalue weighted by molar-refractivity contribution is 5.80. The van der Waals surface area contributed by atoms with Crippen molar-refractivity contribution in [2.75, 3.05) is 18.0 Å². The minimum Gasteiger partial charge on any atom is -0.413 e. The second-order valence-corrected chi connectivity index (χ2v) is 8.34. The summed E-state index contributed by atoms with van der Waals surface area (Å²) in [4.78, 5) is 21.5. The first-order valence-electron chi connectivity index (χ1n) is 10.3. The molecule has 1 amide bonds. The molecule has 2 aliphatic heterocycles. The predicted octanol–water partition coefficient (Wildman–Crippen LogP) is 3.52.